The summed E-state index contributed by atoms with van der Waals surface area (Å²) in [4.78, 5) is 13.2. The zero-order chi connectivity index (χ0) is 12.3. The molecule has 0 radical (unpaired) electrons. The molecule has 1 N–H and O–H groups in total. The second kappa shape index (κ2) is 5.08. The first-order chi connectivity index (χ1) is 8.15. The summed E-state index contributed by atoms with van der Waals surface area (Å²) in [6.45, 7) is 6.19. The number of carbonyl (C=O) groups is 1. The summed E-state index contributed by atoms with van der Waals surface area (Å²) < 4.78 is 5.57. The smallest absolute Gasteiger partial charge is 0.317 e. The first-order valence-corrected chi connectivity index (χ1v) is 5.93. The lowest BCUT2D eigenvalue weighted by Crippen LogP contribution is -2.27. The number of nitrogens with zero attached hydrogens (tertiary/aromatic N) is 1. The van der Waals surface area contributed by atoms with Crippen molar-refractivity contribution in [2.75, 3.05) is 13.1 Å². The largest absolute Gasteiger partial charge is 0.491 e. The predicted molar refractivity (Wildman–Crippen MR) is 66.0 cm³/mol. The summed E-state index contributed by atoms with van der Waals surface area (Å²) in [5, 5.41) is 2.79. The van der Waals surface area contributed by atoms with Gasteiger partial charge in [-0.2, -0.15) is 0 Å². The van der Waals surface area contributed by atoms with Gasteiger partial charge in [-0.15, -0.1) is 0 Å². The summed E-state index contributed by atoms with van der Waals surface area (Å²) in [6.07, 6.45) is 0.185. The highest BCUT2D eigenvalue weighted by molar-refractivity contribution is 5.76. The van der Waals surface area contributed by atoms with Gasteiger partial charge in [-0.1, -0.05) is 12.1 Å². The highest BCUT2D eigenvalue weighted by Crippen LogP contribution is 2.15. The van der Waals surface area contributed by atoms with E-state index in [0.29, 0.717) is 6.54 Å². The van der Waals surface area contributed by atoms with Crippen LogP contribution in [0.15, 0.2) is 24.3 Å². The molecule has 0 unspecified atom stereocenters. The lowest BCUT2D eigenvalue weighted by atomic mass is 10.2. The van der Waals surface area contributed by atoms with Crippen molar-refractivity contribution in [2.24, 2.45) is 0 Å². The van der Waals surface area contributed by atoms with Crippen molar-refractivity contribution in [2.45, 2.75) is 26.5 Å². The quantitative estimate of drug-likeness (QED) is 0.865. The van der Waals surface area contributed by atoms with Crippen molar-refractivity contribution in [3.05, 3.63) is 29.8 Å². The first-order valence-electron chi connectivity index (χ1n) is 5.93. The molecule has 17 heavy (non-hydrogen) atoms. The van der Waals surface area contributed by atoms with Crippen LogP contribution in [0.25, 0.3) is 0 Å². The lowest BCUT2D eigenvalue weighted by Gasteiger charge is -2.15. The molecular formula is C13H18N2O2. The summed E-state index contributed by atoms with van der Waals surface area (Å²) in [7, 11) is 0. The van der Waals surface area contributed by atoms with Crippen molar-refractivity contribution >= 4 is 6.03 Å². The van der Waals surface area contributed by atoms with Gasteiger partial charge in [-0.25, -0.2) is 4.79 Å². The Morgan fingerprint density at radius 1 is 1.35 bits per heavy atom. The van der Waals surface area contributed by atoms with Gasteiger partial charge in [0.2, 0.25) is 0 Å². The molecule has 0 aliphatic carbocycles. The Bertz CT molecular complexity index is 387. The highest BCUT2D eigenvalue weighted by atomic mass is 16.5. The van der Waals surface area contributed by atoms with E-state index in [-0.39, 0.29) is 12.1 Å². The third-order valence-electron chi connectivity index (χ3n) is 2.61. The molecule has 1 heterocycles. The molecule has 1 aliphatic heterocycles. The number of hydrogen-bond donors (Lipinski definition) is 1. The van der Waals surface area contributed by atoms with E-state index in [2.05, 4.69) is 5.32 Å². The molecule has 0 spiro atoms. The molecule has 1 fully saturated rings. The second-order valence-corrected chi connectivity index (χ2v) is 4.46. The number of urea groups is 1. The fraction of sp³-hybridized carbons (Fsp3) is 0.462. The lowest BCUT2D eigenvalue weighted by molar-refractivity contribution is 0.215. The van der Waals surface area contributed by atoms with Gasteiger partial charge in [0.05, 0.1) is 6.10 Å². The van der Waals surface area contributed by atoms with Crippen LogP contribution in [0, 0.1) is 0 Å². The zero-order valence-corrected chi connectivity index (χ0v) is 10.3. The van der Waals surface area contributed by atoms with E-state index in [9.17, 15) is 4.79 Å². The van der Waals surface area contributed by atoms with E-state index in [1.54, 1.807) is 4.90 Å². The molecule has 1 saturated heterocycles. The maximum Gasteiger partial charge on any atom is 0.317 e. The number of amides is 2. The van der Waals surface area contributed by atoms with Crippen LogP contribution >= 0.6 is 0 Å². The van der Waals surface area contributed by atoms with Gasteiger partial charge in [0.15, 0.2) is 0 Å². The van der Waals surface area contributed by atoms with Crippen LogP contribution in [0.3, 0.4) is 0 Å². The molecule has 0 saturated carbocycles. The molecule has 2 rings (SSSR count). The Morgan fingerprint density at radius 3 is 2.59 bits per heavy atom. The fourth-order valence-corrected chi connectivity index (χ4v) is 1.83. The van der Waals surface area contributed by atoms with Crippen molar-refractivity contribution in [1.29, 1.82) is 0 Å². The Kier molecular flexibility index (Phi) is 3.52. The van der Waals surface area contributed by atoms with Gasteiger partial charge >= 0.3 is 6.03 Å². The molecule has 2 amide bonds. The maximum absolute atomic E-state index is 11.4. The van der Waals surface area contributed by atoms with Gasteiger partial charge in [0.1, 0.15) is 5.75 Å². The standard InChI is InChI=1S/C13H18N2O2/c1-10(2)17-12-5-3-11(4-6-12)9-15-8-7-14-13(15)16/h3-6,10H,7-9H2,1-2H3,(H,14,16). The Hall–Kier alpha value is -1.71. The average Bonchev–Trinajstić information content (AvgIpc) is 2.67. The van der Waals surface area contributed by atoms with E-state index >= 15 is 0 Å². The Morgan fingerprint density at radius 2 is 2.06 bits per heavy atom. The number of rotatable bonds is 4. The van der Waals surface area contributed by atoms with E-state index < -0.39 is 0 Å². The van der Waals surface area contributed by atoms with Crippen LogP contribution in [0.5, 0.6) is 5.75 Å². The van der Waals surface area contributed by atoms with Crippen LogP contribution in [0.4, 0.5) is 4.79 Å². The van der Waals surface area contributed by atoms with Crippen molar-refractivity contribution in [3.63, 3.8) is 0 Å². The SMILES string of the molecule is CC(C)Oc1ccc(CN2CCNC2=O)cc1. The molecule has 0 aromatic heterocycles. The fourth-order valence-electron chi connectivity index (χ4n) is 1.83. The third kappa shape index (κ3) is 3.12. The number of ether oxygens (including phenoxy) is 1. The predicted octanol–water partition coefficient (Wildman–Crippen LogP) is 2.00. The molecular weight excluding hydrogens is 216 g/mol. The van der Waals surface area contributed by atoms with E-state index in [1.807, 2.05) is 38.1 Å². The summed E-state index contributed by atoms with van der Waals surface area (Å²) in [5.74, 6) is 0.870. The topological polar surface area (TPSA) is 41.6 Å². The number of nitrogens with one attached hydrogen (secondary N) is 1. The van der Waals surface area contributed by atoms with Gasteiger partial charge in [0, 0.05) is 19.6 Å². The van der Waals surface area contributed by atoms with Crippen LogP contribution < -0.4 is 10.1 Å². The van der Waals surface area contributed by atoms with E-state index in [1.165, 1.54) is 0 Å². The highest BCUT2D eigenvalue weighted by Gasteiger charge is 2.18. The Balaban J connectivity index is 1.95. The molecule has 92 valence electrons. The zero-order valence-electron chi connectivity index (χ0n) is 10.3. The number of benzene rings is 1. The minimum absolute atomic E-state index is 0.0208. The second-order valence-electron chi connectivity index (χ2n) is 4.46. The molecule has 4 heteroatoms. The monoisotopic (exact) mass is 234 g/mol. The molecule has 0 atom stereocenters. The van der Waals surface area contributed by atoms with Gasteiger partial charge in [-0.05, 0) is 31.5 Å². The third-order valence-corrected chi connectivity index (χ3v) is 2.61. The van der Waals surface area contributed by atoms with Crippen LogP contribution in [-0.2, 0) is 6.54 Å². The van der Waals surface area contributed by atoms with Crippen molar-refractivity contribution in [3.8, 4) is 5.75 Å². The molecule has 1 aromatic carbocycles. The molecule has 0 bridgehead atoms. The average molecular weight is 234 g/mol. The van der Waals surface area contributed by atoms with Crippen molar-refractivity contribution in [1.82, 2.24) is 10.2 Å². The molecule has 1 aliphatic rings. The maximum atomic E-state index is 11.4. The molecule has 1 aromatic rings. The van der Waals surface area contributed by atoms with E-state index in [4.69, 9.17) is 4.74 Å². The minimum Gasteiger partial charge on any atom is -0.491 e. The van der Waals surface area contributed by atoms with E-state index in [0.717, 1.165) is 24.4 Å². The first kappa shape index (κ1) is 11.8. The summed E-state index contributed by atoms with van der Waals surface area (Å²) >= 11 is 0. The van der Waals surface area contributed by atoms with Crippen LogP contribution in [0.2, 0.25) is 0 Å². The Labute approximate surface area is 102 Å². The van der Waals surface area contributed by atoms with Crippen molar-refractivity contribution < 1.29 is 9.53 Å². The van der Waals surface area contributed by atoms with Crippen LogP contribution in [-0.4, -0.2) is 30.1 Å². The number of carbonyl (C=O) groups excluding carboxylic acids is 1. The normalized spacial score (nSPS) is 15.2. The van der Waals surface area contributed by atoms with Gasteiger partial charge < -0.3 is 15.0 Å². The summed E-state index contributed by atoms with van der Waals surface area (Å²) in [5.41, 5.74) is 1.12. The van der Waals surface area contributed by atoms with Gasteiger partial charge in [-0.3, -0.25) is 0 Å². The van der Waals surface area contributed by atoms with Crippen LogP contribution in [0.1, 0.15) is 19.4 Å². The van der Waals surface area contributed by atoms with Gasteiger partial charge in [0.25, 0.3) is 0 Å². The number of hydrogen-bond acceptors (Lipinski definition) is 2. The molecule has 4 nitrogen and oxygen atoms in total. The summed E-state index contributed by atoms with van der Waals surface area (Å²) in [6, 6.07) is 7.92. The minimum atomic E-state index is 0.0208.